The summed E-state index contributed by atoms with van der Waals surface area (Å²) in [5, 5.41) is 14.0. The Bertz CT molecular complexity index is 505. The van der Waals surface area contributed by atoms with Crippen molar-refractivity contribution < 1.29 is 9.90 Å². The van der Waals surface area contributed by atoms with Crippen LogP contribution in [0.2, 0.25) is 10.0 Å². The topological polar surface area (TPSA) is 61.7 Å². The lowest BCUT2D eigenvalue weighted by molar-refractivity contribution is -0.121. The molecular formula is C15H20Cl2N2O2. The van der Waals surface area contributed by atoms with E-state index in [0.717, 1.165) is 19.3 Å². The minimum atomic E-state index is -0.143. The number of phenolic OH excluding ortho intramolecular Hbond substituents is 1. The molecule has 0 saturated carbocycles. The van der Waals surface area contributed by atoms with Gasteiger partial charge in [-0.05, 0) is 18.6 Å². The molecule has 1 aromatic rings. The monoisotopic (exact) mass is 330 g/mol. The van der Waals surface area contributed by atoms with E-state index in [9.17, 15) is 9.90 Å². The van der Waals surface area contributed by atoms with E-state index in [1.54, 1.807) is 0 Å². The van der Waals surface area contributed by atoms with Crippen molar-refractivity contribution in [2.75, 3.05) is 0 Å². The Kier molecular flexibility index (Phi) is 8.16. The van der Waals surface area contributed by atoms with Gasteiger partial charge in [0, 0.05) is 17.0 Å². The van der Waals surface area contributed by atoms with Gasteiger partial charge in [0.25, 0.3) is 0 Å². The molecule has 0 unspecified atom stereocenters. The van der Waals surface area contributed by atoms with E-state index < -0.39 is 0 Å². The lowest BCUT2D eigenvalue weighted by Gasteiger charge is -2.03. The highest BCUT2D eigenvalue weighted by atomic mass is 35.5. The second-order valence-electron chi connectivity index (χ2n) is 4.78. The number of unbranched alkanes of at least 4 members (excludes halogenated alkanes) is 4. The van der Waals surface area contributed by atoms with Gasteiger partial charge in [0.2, 0.25) is 5.91 Å². The lowest BCUT2D eigenvalue weighted by Crippen LogP contribution is -2.16. The van der Waals surface area contributed by atoms with Crippen molar-refractivity contribution in [1.29, 1.82) is 0 Å². The molecule has 0 heterocycles. The molecule has 0 atom stereocenters. The number of hydrogen-bond donors (Lipinski definition) is 2. The lowest BCUT2D eigenvalue weighted by atomic mass is 10.1. The van der Waals surface area contributed by atoms with Crippen LogP contribution in [0.5, 0.6) is 5.75 Å². The van der Waals surface area contributed by atoms with Crippen LogP contribution in [0.25, 0.3) is 0 Å². The normalized spacial score (nSPS) is 11.0. The Morgan fingerprint density at radius 1 is 1.29 bits per heavy atom. The first-order valence-electron chi connectivity index (χ1n) is 7.04. The zero-order valence-electron chi connectivity index (χ0n) is 12.0. The number of amides is 1. The van der Waals surface area contributed by atoms with Crippen LogP contribution in [0.15, 0.2) is 17.2 Å². The predicted octanol–water partition coefficient (Wildman–Crippen LogP) is 4.51. The van der Waals surface area contributed by atoms with Gasteiger partial charge in [-0.15, -0.1) is 0 Å². The predicted molar refractivity (Wildman–Crippen MR) is 87.2 cm³/mol. The fourth-order valence-electron chi connectivity index (χ4n) is 1.80. The van der Waals surface area contributed by atoms with Gasteiger partial charge in [0.15, 0.2) is 0 Å². The standard InChI is InChI=1S/C15H20Cl2N2O2/c1-2-3-4-5-6-7-14(20)19-18-10-11-8-12(16)9-13(17)15(11)21/h8-10,21H,2-7H2,1H3,(H,19,20)/b18-10+. The largest absolute Gasteiger partial charge is 0.506 e. The number of hydrazone groups is 1. The van der Waals surface area contributed by atoms with E-state index in [1.165, 1.54) is 31.2 Å². The molecule has 2 N–H and O–H groups in total. The molecule has 0 radical (unpaired) electrons. The van der Waals surface area contributed by atoms with Crippen LogP contribution in [0.4, 0.5) is 0 Å². The number of rotatable bonds is 8. The van der Waals surface area contributed by atoms with Crippen molar-refractivity contribution in [3.05, 3.63) is 27.7 Å². The van der Waals surface area contributed by atoms with Crippen LogP contribution in [0, 0.1) is 0 Å². The maximum Gasteiger partial charge on any atom is 0.240 e. The third-order valence-corrected chi connectivity index (χ3v) is 3.46. The fraction of sp³-hybridized carbons (Fsp3) is 0.467. The van der Waals surface area contributed by atoms with Gasteiger partial charge in [-0.1, -0.05) is 55.8 Å². The summed E-state index contributed by atoms with van der Waals surface area (Å²) in [4.78, 5) is 11.5. The Balaban J connectivity index is 2.39. The second kappa shape index (κ2) is 9.64. The number of phenols is 1. The van der Waals surface area contributed by atoms with Gasteiger partial charge >= 0.3 is 0 Å². The Labute approximate surface area is 135 Å². The molecule has 1 aromatic carbocycles. The molecule has 0 saturated heterocycles. The summed E-state index contributed by atoms with van der Waals surface area (Å²) in [5.41, 5.74) is 2.78. The van der Waals surface area contributed by atoms with Crippen LogP contribution >= 0.6 is 23.2 Å². The number of aromatic hydroxyl groups is 1. The van der Waals surface area contributed by atoms with Gasteiger partial charge < -0.3 is 5.11 Å². The van der Waals surface area contributed by atoms with E-state index in [2.05, 4.69) is 17.5 Å². The number of carbonyl (C=O) groups is 1. The van der Waals surface area contributed by atoms with Crippen molar-refractivity contribution in [2.45, 2.75) is 45.4 Å². The van der Waals surface area contributed by atoms with Crippen molar-refractivity contribution in [3.63, 3.8) is 0 Å². The van der Waals surface area contributed by atoms with E-state index in [1.807, 2.05) is 0 Å². The van der Waals surface area contributed by atoms with Crippen molar-refractivity contribution in [2.24, 2.45) is 5.10 Å². The van der Waals surface area contributed by atoms with Crippen molar-refractivity contribution in [3.8, 4) is 5.75 Å². The smallest absolute Gasteiger partial charge is 0.240 e. The number of nitrogens with one attached hydrogen (secondary N) is 1. The average Bonchev–Trinajstić information content (AvgIpc) is 2.43. The first kappa shape index (κ1) is 17.8. The molecule has 6 heteroatoms. The number of hydrogen-bond acceptors (Lipinski definition) is 3. The highest BCUT2D eigenvalue weighted by Crippen LogP contribution is 2.29. The van der Waals surface area contributed by atoms with Gasteiger partial charge in [-0.2, -0.15) is 5.10 Å². The van der Waals surface area contributed by atoms with Gasteiger partial charge in [-0.25, -0.2) is 5.43 Å². The molecule has 4 nitrogen and oxygen atoms in total. The van der Waals surface area contributed by atoms with Crippen LogP contribution in [0.3, 0.4) is 0 Å². The van der Waals surface area contributed by atoms with Crippen LogP contribution < -0.4 is 5.43 Å². The summed E-state index contributed by atoms with van der Waals surface area (Å²) in [7, 11) is 0. The molecule has 0 aliphatic carbocycles. The van der Waals surface area contributed by atoms with E-state index in [4.69, 9.17) is 23.2 Å². The van der Waals surface area contributed by atoms with Gasteiger partial charge in [-0.3, -0.25) is 4.79 Å². The Morgan fingerprint density at radius 2 is 2.00 bits per heavy atom. The molecule has 0 aromatic heterocycles. The highest BCUT2D eigenvalue weighted by Gasteiger charge is 2.06. The van der Waals surface area contributed by atoms with Gasteiger partial charge in [0.1, 0.15) is 5.75 Å². The fourth-order valence-corrected chi connectivity index (χ4v) is 2.31. The molecule has 0 aliphatic heterocycles. The molecular weight excluding hydrogens is 311 g/mol. The molecule has 1 rings (SSSR count). The third kappa shape index (κ3) is 6.82. The van der Waals surface area contributed by atoms with Crippen LogP contribution in [-0.2, 0) is 4.79 Å². The Hall–Kier alpha value is -1.26. The van der Waals surface area contributed by atoms with E-state index >= 15 is 0 Å². The van der Waals surface area contributed by atoms with Gasteiger partial charge in [0.05, 0.1) is 11.2 Å². The maximum absolute atomic E-state index is 11.5. The zero-order valence-corrected chi connectivity index (χ0v) is 13.5. The first-order chi connectivity index (χ1) is 10.0. The molecule has 0 fully saturated rings. The summed E-state index contributed by atoms with van der Waals surface area (Å²) in [6.07, 6.45) is 7.22. The van der Waals surface area contributed by atoms with Crippen molar-refractivity contribution >= 4 is 35.3 Å². The zero-order chi connectivity index (χ0) is 15.7. The molecule has 21 heavy (non-hydrogen) atoms. The first-order valence-corrected chi connectivity index (χ1v) is 7.80. The van der Waals surface area contributed by atoms with Crippen molar-refractivity contribution in [1.82, 2.24) is 5.43 Å². The molecule has 116 valence electrons. The minimum absolute atomic E-state index is 0.112. The van der Waals surface area contributed by atoms with Crippen LogP contribution in [-0.4, -0.2) is 17.2 Å². The number of halogens is 2. The third-order valence-electron chi connectivity index (χ3n) is 2.96. The molecule has 0 aliphatic rings. The number of carbonyl (C=O) groups excluding carboxylic acids is 1. The van der Waals surface area contributed by atoms with E-state index in [-0.39, 0.29) is 16.7 Å². The Morgan fingerprint density at radius 3 is 2.71 bits per heavy atom. The number of benzene rings is 1. The van der Waals surface area contributed by atoms with E-state index in [0.29, 0.717) is 17.0 Å². The summed E-state index contributed by atoms with van der Waals surface area (Å²) >= 11 is 11.6. The average molecular weight is 331 g/mol. The molecule has 0 bridgehead atoms. The number of nitrogens with zero attached hydrogens (tertiary/aromatic N) is 1. The molecule has 1 amide bonds. The summed E-state index contributed by atoms with van der Waals surface area (Å²) in [6.45, 7) is 2.15. The second-order valence-corrected chi connectivity index (χ2v) is 5.63. The quantitative estimate of drug-likeness (QED) is 0.418. The highest BCUT2D eigenvalue weighted by molar-refractivity contribution is 6.36. The molecule has 0 spiro atoms. The SMILES string of the molecule is CCCCCCCC(=O)N/N=C/c1cc(Cl)cc(Cl)c1O. The minimum Gasteiger partial charge on any atom is -0.506 e. The summed E-state index contributed by atoms with van der Waals surface area (Å²) in [6, 6.07) is 2.95. The van der Waals surface area contributed by atoms with Crippen LogP contribution in [0.1, 0.15) is 51.0 Å². The maximum atomic E-state index is 11.5. The summed E-state index contributed by atoms with van der Waals surface area (Å²) < 4.78 is 0. The summed E-state index contributed by atoms with van der Waals surface area (Å²) in [5.74, 6) is -0.256.